The third kappa shape index (κ3) is 4.89. The predicted octanol–water partition coefficient (Wildman–Crippen LogP) is 1.72. The molecule has 5 nitrogen and oxygen atoms in total. The van der Waals surface area contributed by atoms with Crippen LogP contribution in [0, 0.1) is 15.9 Å². The van der Waals surface area contributed by atoms with Crippen LogP contribution in [0.1, 0.15) is 19.4 Å². The van der Waals surface area contributed by atoms with E-state index >= 15 is 0 Å². The molecule has 100 valence electrons. The van der Waals surface area contributed by atoms with E-state index in [2.05, 4.69) is 0 Å². The number of rotatable bonds is 5. The third-order valence-corrected chi connectivity index (χ3v) is 3.74. The number of benzene rings is 1. The lowest BCUT2D eigenvalue weighted by Gasteiger charge is -2.17. The molecule has 18 heavy (non-hydrogen) atoms. The van der Waals surface area contributed by atoms with Crippen molar-refractivity contribution in [1.29, 1.82) is 0 Å². The molecule has 0 spiro atoms. The Bertz CT molecular complexity index is 486. The van der Waals surface area contributed by atoms with Gasteiger partial charge in [-0.15, -0.1) is 0 Å². The molecule has 0 aliphatic rings. The fourth-order valence-corrected chi connectivity index (χ4v) is 2.94. The van der Waals surface area contributed by atoms with Gasteiger partial charge < -0.3 is 5.73 Å². The monoisotopic (exact) mass is 274 g/mol. The molecule has 1 rings (SSSR count). The van der Waals surface area contributed by atoms with E-state index < -0.39 is 27.1 Å². The zero-order valence-corrected chi connectivity index (χ0v) is 11.0. The van der Waals surface area contributed by atoms with Crippen LogP contribution in [0.4, 0.5) is 10.1 Å². The van der Waals surface area contributed by atoms with Crippen molar-refractivity contribution >= 4 is 16.5 Å². The summed E-state index contributed by atoms with van der Waals surface area (Å²) in [5.74, 6) is -0.403. The Hall–Kier alpha value is -1.34. The second kappa shape index (κ2) is 5.53. The van der Waals surface area contributed by atoms with Gasteiger partial charge in [0.25, 0.3) is 5.69 Å². The van der Waals surface area contributed by atoms with Crippen molar-refractivity contribution in [2.24, 2.45) is 5.73 Å². The molecule has 0 fully saturated rings. The average Bonchev–Trinajstić information content (AvgIpc) is 2.12. The van der Waals surface area contributed by atoms with Crippen molar-refractivity contribution in [2.45, 2.75) is 25.1 Å². The van der Waals surface area contributed by atoms with Crippen molar-refractivity contribution in [2.75, 3.05) is 5.75 Å². The normalized spacial score (nSPS) is 13.3. The van der Waals surface area contributed by atoms with Gasteiger partial charge in [0.05, 0.1) is 11.0 Å². The Kier molecular flexibility index (Phi) is 4.53. The summed E-state index contributed by atoms with van der Waals surface area (Å²) in [6.45, 7) is 3.47. The summed E-state index contributed by atoms with van der Waals surface area (Å²) in [6, 6.07) is 3.21. The number of hydrogen-bond donors (Lipinski definition) is 1. The van der Waals surface area contributed by atoms with E-state index in [0.717, 1.165) is 12.1 Å². The molecule has 1 atom stereocenters. The second-order valence-corrected chi connectivity index (χ2v) is 6.25. The molecule has 0 amide bonds. The first-order valence-corrected chi connectivity index (χ1v) is 6.74. The summed E-state index contributed by atoms with van der Waals surface area (Å²) >= 11 is 0. The quantitative estimate of drug-likeness (QED) is 0.654. The van der Waals surface area contributed by atoms with Crippen LogP contribution in [0.3, 0.4) is 0 Å². The van der Waals surface area contributed by atoms with Crippen LogP contribution in [0.25, 0.3) is 0 Å². The van der Waals surface area contributed by atoms with Crippen molar-refractivity contribution in [1.82, 2.24) is 0 Å². The molecule has 0 aliphatic carbocycles. The molecular weight excluding hydrogens is 259 g/mol. The highest BCUT2D eigenvalue weighted by Gasteiger charge is 2.17. The summed E-state index contributed by atoms with van der Waals surface area (Å²) in [7, 11) is -1.28. The molecule has 0 aromatic heterocycles. The van der Waals surface area contributed by atoms with Crippen LogP contribution in [-0.4, -0.2) is 20.4 Å². The number of nitrogens with zero attached hydrogens (tertiary/aromatic N) is 1. The molecule has 7 heteroatoms. The average molecular weight is 274 g/mol. The number of nitro benzene ring substituents is 1. The summed E-state index contributed by atoms with van der Waals surface area (Å²) in [5.41, 5.74) is 5.13. The first-order chi connectivity index (χ1) is 8.17. The molecule has 0 radical (unpaired) electrons. The van der Waals surface area contributed by atoms with Crippen LogP contribution in [-0.2, 0) is 16.6 Å². The molecule has 1 unspecified atom stereocenters. The topological polar surface area (TPSA) is 86.2 Å². The maximum Gasteiger partial charge on any atom is 0.272 e. The number of hydrogen-bond acceptors (Lipinski definition) is 4. The van der Waals surface area contributed by atoms with Gasteiger partial charge in [-0.05, 0) is 25.5 Å². The van der Waals surface area contributed by atoms with Gasteiger partial charge >= 0.3 is 0 Å². The SMILES string of the molecule is CC(C)(N)CS(=O)Cc1cc(F)cc([N+](=O)[O-])c1. The highest BCUT2D eigenvalue weighted by molar-refractivity contribution is 7.84. The molecule has 1 aromatic carbocycles. The molecule has 0 bridgehead atoms. The highest BCUT2D eigenvalue weighted by Crippen LogP contribution is 2.18. The lowest BCUT2D eigenvalue weighted by atomic mass is 10.1. The molecule has 0 saturated carbocycles. The Balaban J connectivity index is 2.85. The van der Waals surface area contributed by atoms with E-state index in [9.17, 15) is 18.7 Å². The van der Waals surface area contributed by atoms with E-state index in [1.165, 1.54) is 6.07 Å². The summed E-state index contributed by atoms with van der Waals surface area (Å²) in [6.07, 6.45) is 0. The predicted molar refractivity (Wildman–Crippen MR) is 68.0 cm³/mol. The Morgan fingerprint density at radius 1 is 1.44 bits per heavy atom. The first-order valence-electron chi connectivity index (χ1n) is 5.25. The fourth-order valence-electron chi connectivity index (χ4n) is 1.47. The second-order valence-electron chi connectivity index (χ2n) is 4.79. The lowest BCUT2D eigenvalue weighted by Crippen LogP contribution is -2.38. The van der Waals surface area contributed by atoms with E-state index in [1.54, 1.807) is 13.8 Å². The first kappa shape index (κ1) is 14.7. The van der Waals surface area contributed by atoms with Crippen molar-refractivity contribution in [3.8, 4) is 0 Å². The third-order valence-electron chi connectivity index (χ3n) is 2.01. The van der Waals surface area contributed by atoms with E-state index in [0.29, 0.717) is 5.56 Å². The van der Waals surface area contributed by atoms with Crippen LogP contribution in [0.5, 0.6) is 0 Å². The minimum atomic E-state index is -1.28. The highest BCUT2D eigenvalue weighted by atomic mass is 32.2. The Labute approximate surface area is 107 Å². The molecule has 0 saturated heterocycles. The van der Waals surface area contributed by atoms with E-state index in [4.69, 9.17) is 5.73 Å². The summed E-state index contributed by atoms with van der Waals surface area (Å²) in [5, 5.41) is 10.6. The van der Waals surface area contributed by atoms with Crippen molar-refractivity contribution in [3.63, 3.8) is 0 Å². The van der Waals surface area contributed by atoms with Crippen LogP contribution in [0.15, 0.2) is 18.2 Å². The lowest BCUT2D eigenvalue weighted by molar-refractivity contribution is -0.385. The van der Waals surface area contributed by atoms with E-state index in [1.807, 2.05) is 0 Å². The zero-order chi connectivity index (χ0) is 13.9. The molecule has 2 N–H and O–H groups in total. The fraction of sp³-hybridized carbons (Fsp3) is 0.455. The van der Waals surface area contributed by atoms with Gasteiger partial charge in [0.15, 0.2) is 0 Å². The minimum absolute atomic E-state index is 0.0548. The molecule has 1 aromatic rings. The van der Waals surface area contributed by atoms with Crippen LogP contribution in [0.2, 0.25) is 0 Å². The van der Waals surface area contributed by atoms with E-state index in [-0.39, 0.29) is 17.2 Å². The van der Waals surface area contributed by atoms with Crippen LogP contribution < -0.4 is 5.73 Å². The minimum Gasteiger partial charge on any atom is -0.325 e. The van der Waals surface area contributed by atoms with Crippen molar-refractivity contribution < 1.29 is 13.5 Å². The van der Waals surface area contributed by atoms with Gasteiger partial charge in [-0.25, -0.2) is 4.39 Å². The summed E-state index contributed by atoms with van der Waals surface area (Å²) in [4.78, 5) is 9.88. The largest absolute Gasteiger partial charge is 0.325 e. The van der Waals surface area contributed by atoms with Gasteiger partial charge in [0.2, 0.25) is 0 Å². The Morgan fingerprint density at radius 3 is 2.56 bits per heavy atom. The van der Waals surface area contributed by atoms with Gasteiger partial charge in [-0.3, -0.25) is 14.3 Å². The Morgan fingerprint density at radius 2 is 2.06 bits per heavy atom. The molecule has 0 aliphatic heterocycles. The number of non-ortho nitro benzene ring substituents is 1. The smallest absolute Gasteiger partial charge is 0.272 e. The number of nitrogens with two attached hydrogens (primary N) is 1. The van der Waals surface area contributed by atoms with Crippen molar-refractivity contribution in [3.05, 3.63) is 39.7 Å². The maximum atomic E-state index is 13.1. The standard InChI is InChI=1S/C11H15FN2O3S/c1-11(2,13)7-18(17)6-8-3-9(12)5-10(4-8)14(15)16/h3-5H,6-7,13H2,1-2H3. The zero-order valence-electron chi connectivity index (χ0n) is 10.2. The van der Waals surface area contributed by atoms with Crippen LogP contribution >= 0.6 is 0 Å². The maximum absolute atomic E-state index is 13.1. The molecular formula is C11H15FN2O3S. The number of halogens is 1. The van der Waals surface area contributed by atoms with Gasteiger partial charge in [-0.2, -0.15) is 0 Å². The van der Waals surface area contributed by atoms with Gasteiger partial charge in [-0.1, -0.05) is 0 Å². The van der Waals surface area contributed by atoms with Gasteiger partial charge in [0, 0.05) is 33.9 Å². The summed E-state index contributed by atoms with van der Waals surface area (Å²) < 4.78 is 24.9. The number of nitro groups is 1. The molecule has 0 heterocycles. The van der Waals surface area contributed by atoms with Gasteiger partial charge in [0.1, 0.15) is 5.82 Å².